The van der Waals surface area contributed by atoms with Crippen LogP contribution in [0.5, 0.6) is 0 Å². The van der Waals surface area contributed by atoms with Crippen molar-refractivity contribution in [2.24, 2.45) is 0 Å². The van der Waals surface area contributed by atoms with Crippen molar-refractivity contribution in [1.82, 2.24) is 20.3 Å². The Kier molecular flexibility index (Phi) is 4.08. The average Bonchev–Trinajstić information content (AvgIpc) is 3.11. The van der Waals surface area contributed by atoms with E-state index in [1.54, 1.807) is 24.8 Å². The molecular formula is C19H17N5O. The van der Waals surface area contributed by atoms with Gasteiger partial charge < -0.3 is 10.2 Å². The van der Waals surface area contributed by atoms with Gasteiger partial charge in [-0.25, -0.2) is 9.97 Å². The fourth-order valence-corrected chi connectivity index (χ4v) is 2.91. The maximum Gasteiger partial charge on any atom is 0.254 e. The fourth-order valence-electron chi connectivity index (χ4n) is 2.91. The molecule has 1 aliphatic heterocycles. The lowest BCUT2D eigenvalue weighted by molar-refractivity contribution is 0.0950. The molecule has 0 aliphatic carbocycles. The molecular weight excluding hydrogens is 314 g/mol. The van der Waals surface area contributed by atoms with Gasteiger partial charge in [0.25, 0.3) is 5.91 Å². The summed E-state index contributed by atoms with van der Waals surface area (Å²) in [6.45, 7) is 1.30. The lowest BCUT2D eigenvalue weighted by atomic mass is 10.2. The molecule has 3 aromatic rings. The summed E-state index contributed by atoms with van der Waals surface area (Å²) in [6, 6.07) is 12.0. The molecule has 0 atom stereocenters. The Labute approximate surface area is 145 Å². The first-order chi connectivity index (χ1) is 12.3. The molecule has 0 bridgehead atoms. The van der Waals surface area contributed by atoms with Crippen LogP contribution >= 0.6 is 0 Å². The highest BCUT2D eigenvalue weighted by molar-refractivity contribution is 5.93. The number of hydrogen-bond acceptors (Lipinski definition) is 5. The van der Waals surface area contributed by atoms with Gasteiger partial charge >= 0.3 is 0 Å². The predicted molar refractivity (Wildman–Crippen MR) is 94.6 cm³/mol. The highest BCUT2D eigenvalue weighted by atomic mass is 16.1. The molecule has 1 amide bonds. The maximum atomic E-state index is 12.2. The van der Waals surface area contributed by atoms with E-state index in [1.807, 2.05) is 24.3 Å². The van der Waals surface area contributed by atoms with E-state index in [9.17, 15) is 4.79 Å². The molecule has 6 nitrogen and oxygen atoms in total. The number of hydrogen-bond donors (Lipinski definition) is 1. The number of para-hydroxylation sites is 1. The first-order valence-corrected chi connectivity index (χ1v) is 8.16. The van der Waals surface area contributed by atoms with Crippen LogP contribution in [0, 0.1) is 0 Å². The second-order valence-corrected chi connectivity index (χ2v) is 5.84. The molecule has 6 heteroatoms. The molecule has 1 N–H and O–H groups in total. The van der Waals surface area contributed by atoms with E-state index < -0.39 is 0 Å². The number of pyridine rings is 1. The van der Waals surface area contributed by atoms with Crippen LogP contribution in [0.3, 0.4) is 0 Å². The van der Waals surface area contributed by atoms with Crippen LogP contribution in [0.4, 0.5) is 11.6 Å². The van der Waals surface area contributed by atoms with Gasteiger partial charge in [-0.2, -0.15) is 0 Å². The molecule has 0 spiro atoms. The number of nitrogens with zero attached hydrogens (tertiary/aromatic N) is 4. The molecule has 0 unspecified atom stereocenters. The topological polar surface area (TPSA) is 71.0 Å². The molecule has 124 valence electrons. The monoisotopic (exact) mass is 331 g/mol. The van der Waals surface area contributed by atoms with Gasteiger partial charge in [0.05, 0.1) is 5.56 Å². The second kappa shape index (κ2) is 6.68. The van der Waals surface area contributed by atoms with Crippen molar-refractivity contribution < 1.29 is 4.79 Å². The smallest absolute Gasteiger partial charge is 0.254 e. The molecule has 3 heterocycles. The second-order valence-electron chi connectivity index (χ2n) is 5.84. The molecule has 2 aromatic heterocycles. The lowest BCUT2D eigenvalue weighted by Gasteiger charge is -2.16. The van der Waals surface area contributed by atoms with E-state index in [0.717, 1.165) is 24.2 Å². The first kappa shape index (κ1) is 15.3. The van der Waals surface area contributed by atoms with Crippen molar-refractivity contribution in [3.05, 3.63) is 77.9 Å². The van der Waals surface area contributed by atoms with Crippen LogP contribution in [0.1, 0.15) is 21.5 Å². The zero-order chi connectivity index (χ0) is 17.1. The molecule has 1 aliphatic rings. The van der Waals surface area contributed by atoms with Gasteiger partial charge in [0, 0.05) is 43.6 Å². The summed E-state index contributed by atoms with van der Waals surface area (Å²) in [5.41, 5.74) is 3.88. The third-order valence-corrected chi connectivity index (χ3v) is 4.23. The SMILES string of the molecule is O=C(NCc1ccncc1)c1cnc(N2CCc3ccccc32)nc1. The number of benzene rings is 1. The standard InChI is InChI=1S/C19H17N5O/c25-18(21-11-14-5-8-20-9-6-14)16-12-22-19(23-13-16)24-10-7-15-3-1-2-4-17(15)24/h1-6,8-9,12-13H,7,10-11H2,(H,21,25). The summed E-state index contributed by atoms with van der Waals surface area (Å²) in [4.78, 5) is 27.0. The number of fused-ring (bicyclic) bond motifs is 1. The number of anilines is 2. The minimum absolute atomic E-state index is 0.190. The van der Waals surface area contributed by atoms with Crippen LogP contribution in [-0.2, 0) is 13.0 Å². The number of nitrogens with one attached hydrogen (secondary N) is 1. The average molecular weight is 331 g/mol. The number of rotatable bonds is 4. The Hall–Kier alpha value is -3.28. The number of aromatic nitrogens is 3. The molecule has 0 saturated heterocycles. The summed E-state index contributed by atoms with van der Waals surface area (Å²) in [5, 5.41) is 2.86. The lowest BCUT2D eigenvalue weighted by Crippen LogP contribution is -2.24. The largest absolute Gasteiger partial charge is 0.348 e. The van der Waals surface area contributed by atoms with Gasteiger partial charge in [-0.3, -0.25) is 9.78 Å². The summed E-state index contributed by atoms with van der Waals surface area (Å²) >= 11 is 0. The summed E-state index contributed by atoms with van der Waals surface area (Å²) in [7, 11) is 0. The van der Waals surface area contributed by atoms with E-state index in [-0.39, 0.29) is 5.91 Å². The highest BCUT2D eigenvalue weighted by Gasteiger charge is 2.21. The third kappa shape index (κ3) is 3.19. The van der Waals surface area contributed by atoms with Gasteiger partial charge in [-0.1, -0.05) is 18.2 Å². The number of carbonyl (C=O) groups is 1. The zero-order valence-electron chi connectivity index (χ0n) is 13.6. The first-order valence-electron chi connectivity index (χ1n) is 8.16. The normalized spacial score (nSPS) is 12.7. The molecule has 4 rings (SSSR count). The van der Waals surface area contributed by atoms with Gasteiger partial charge in [-0.15, -0.1) is 0 Å². The van der Waals surface area contributed by atoms with E-state index in [4.69, 9.17) is 0 Å². The molecule has 0 saturated carbocycles. The Morgan fingerprint density at radius 3 is 2.64 bits per heavy atom. The van der Waals surface area contributed by atoms with Crippen molar-refractivity contribution in [2.45, 2.75) is 13.0 Å². The van der Waals surface area contributed by atoms with Crippen LogP contribution in [-0.4, -0.2) is 27.4 Å². The van der Waals surface area contributed by atoms with Gasteiger partial charge in [-0.05, 0) is 35.7 Å². The van der Waals surface area contributed by atoms with Gasteiger partial charge in [0.15, 0.2) is 0 Å². The zero-order valence-corrected chi connectivity index (χ0v) is 13.6. The number of amides is 1. The summed E-state index contributed by atoms with van der Waals surface area (Å²) in [5.74, 6) is 0.431. The minimum Gasteiger partial charge on any atom is -0.348 e. The fraction of sp³-hybridized carbons (Fsp3) is 0.158. The van der Waals surface area contributed by atoms with E-state index >= 15 is 0 Å². The maximum absolute atomic E-state index is 12.2. The summed E-state index contributed by atoms with van der Waals surface area (Å²) in [6.07, 6.45) is 7.53. The van der Waals surface area contributed by atoms with Crippen LogP contribution in [0.15, 0.2) is 61.2 Å². The Morgan fingerprint density at radius 1 is 1.08 bits per heavy atom. The Morgan fingerprint density at radius 2 is 1.84 bits per heavy atom. The van der Waals surface area contributed by atoms with E-state index in [1.165, 1.54) is 5.56 Å². The predicted octanol–water partition coefficient (Wildman–Crippen LogP) is 2.50. The Bertz CT molecular complexity index is 880. The molecule has 0 radical (unpaired) electrons. The van der Waals surface area contributed by atoms with Crippen LogP contribution in [0.2, 0.25) is 0 Å². The quantitative estimate of drug-likeness (QED) is 0.795. The van der Waals surface area contributed by atoms with Crippen molar-refractivity contribution in [3.8, 4) is 0 Å². The van der Waals surface area contributed by atoms with Crippen molar-refractivity contribution in [2.75, 3.05) is 11.4 Å². The summed E-state index contributed by atoms with van der Waals surface area (Å²) < 4.78 is 0. The van der Waals surface area contributed by atoms with Gasteiger partial charge in [0.1, 0.15) is 0 Å². The van der Waals surface area contributed by atoms with Crippen LogP contribution < -0.4 is 10.2 Å². The van der Waals surface area contributed by atoms with Gasteiger partial charge in [0.2, 0.25) is 5.95 Å². The van der Waals surface area contributed by atoms with E-state index in [0.29, 0.717) is 18.1 Å². The van der Waals surface area contributed by atoms with E-state index in [2.05, 4.69) is 37.3 Å². The molecule has 0 fully saturated rings. The molecule has 25 heavy (non-hydrogen) atoms. The number of carbonyl (C=O) groups excluding carboxylic acids is 1. The van der Waals surface area contributed by atoms with Crippen molar-refractivity contribution >= 4 is 17.5 Å². The highest BCUT2D eigenvalue weighted by Crippen LogP contribution is 2.31. The Balaban J connectivity index is 1.45. The molecule has 1 aromatic carbocycles. The van der Waals surface area contributed by atoms with Crippen molar-refractivity contribution in [1.29, 1.82) is 0 Å². The van der Waals surface area contributed by atoms with Crippen molar-refractivity contribution in [3.63, 3.8) is 0 Å². The van der Waals surface area contributed by atoms with Crippen LogP contribution in [0.25, 0.3) is 0 Å². The third-order valence-electron chi connectivity index (χ3n) is 4.23. The minimum atomic E-state index is -0.190.